The van der Waals surface area contributed by atoms with Gasteiger partial charge in [-0.3, -0.25) is 0 Å². The van der Waals surface area contributed by atoms with E-state index in [-0.39, 0.29) is 0 Å². The normalized spacial score (nSPS) is 16.7. The van der Waals surface area contributed by atoms with Crippen molar-refractivity contribution in [1.29, 1.82) is 0 Å². The number of methoxy groups -OCH3 is 1. The molecule has 0 saturated carbocycles. The monoisotopic (exact) mass is 207 g/mol. The number of rotatable bonds is 3. The lowest BCUT2D eigenvalue weighted by atomic mass is 10.1. The van der Waals surface area contributed by atoms with Crippen LogP contribution in [-0.2, 0) is 11.3 Å². The van der Waals surface area contributed by atoms with Crippen molar-refractivity contribution >= 4 is 5.82 Å². The van der Waals surface area contributed by atoms with E-state index < -0.39 is 0 Å². The fraction of sp³-hybridized carbons (Fsp3) is 0.636. The first-order valence-electron chi connectivity index (χ1n) is 5.45. The van der Waals surface area contributed by atoms with Crippen LogP contribution in [0.3, 0.4) is 0 Å². The minimum atomic E-state index is 0.559. The maximum Gasteiger partial charge on any atom is 0.132 e. The van der Waals surface area contributed by atoms with Gasteiger partial charge in [-0.2, -0.15) is 0 Å². The third kappa shape index (κ3) is 2.65. The number of hydrogen-bond donors (Lipinski definition) is 0. The molecule has 82 valence electrons. The van der Waals surface area contributed by atoms with Crippen LogP contribution in [0.4, 0.5) is 5.82 Å². The van der Waals surface area contributed by atoms with Crippen LogP contribution in [-0.4, -0.2) is 30.2 Å². The van der Waals surface area contributed by atoms with Crippen LogP contribution >= 0.6 is 0 Å². The zero-order valence-corrected chi connectivity index (χ0v) is 9.15. The van der Waals surface area contributed by atoms with Gasteiger partial charge in [-0.25, -0.2) is 9.97 Å². The maximum atomic E-state index is 5.06. The molecular weight excluding hydrogens is 190 g/mol. The molecule has 2 heterocycles. The standard InChI is InChI=1S/C11H17N3O/c1-15-8-10-7-11(13-9-12-10)14-5-3-2-4-6-14/h7,9H,2-6,8H2,1H3. The van der Waals surface area contributed by atoms with Gasteiger partial charge in [0, 0.05) is 26.3 Å². The van der Waals surface area contributed by atoms with E-state index in [9.17, 15) is 0 Å². The number of hydrogen-bond acceptors (Lipinski definition) is 4. The molecule has 0 radical (unpaired) electrons. The Labute approximate surface area is 90.3 Å². The molecule has 0 aliphatic carbocycles. The first-order chi connectivity index (χ1) is 7.40. The van der Waals surface area contributed by atoms with Gasteiger partial charge in [0.1, 0.15) is 12.1 Å². The quantitative estimate of drug-likeness (QED) is 0.754. The van der Waals surface area contributed by atoms with Crippen molar-refractivity contribution < 1.29 is 4.74 Å². The van der Waals surface area contributed by atoms with Crippen molar-refractivity contribution in [3.05, 3.63) is 18.1 Å². The number of anilines is 1. The molecule has 1 fully saturated rings. The van der Waals surface area contributed by atoms with E-state index in [4.69, 9.17) is 4.74 Å². The number of aromatic nitrogens is 2. The van der Waals surface area contributed by atoms with Crippen molar-refractivity contribution in [2.24, 2.45) is 0 Å². The fourth-order valence-corrected chi connectivity index (χ4v) is 1.91. The maximum absolute atomic E-state index is 5.06. The fourth-order valence-electron chi connectivity index (χ4n) is 1.91. The van der Waals surface area contributed by atoms with Crippen molar-refractivity contribution in [3.8, 4) is 0 Å². The summed E-state index contributed by atoms with van der Waals surface area (Å²) in [6.45, 7) is 2.79. The summed E-state index contributed by atoms with van der Waals surface area (Å²) in [5.74, 6) is 1.04. The molecule has 1 aromatic heterocycles. The van der Waals surface area contributed by atoms with Crippen LogP contribution in [0.25, 0.3) is 0 Å². The van der Waals surface area contributed by atoms with Crippen molar-refractivity contribution in [3.63, 3.8) is 0 Å². The lowest BCUT2D eigenvalue weighted by Crippen LogP contribution is -2.30. The predicted octanol–water partition coefficient (Wildman–Crippen LogP) is 1.61. The summed E-state index contributed by atoms with van der Waals surface area (Å²) in [5, 5.41) is 0. The summed E-state index contributed by atoms with van der Waals surface area (Å²) in [6, 6.07) is 2.02. The summed E-state index contributed by atoms with van der Waals surface area (Å²) >= 11 is 0. The van der Waals surface area contributed by atoms with Gasteiger partial charge >= 0.3 is 0 Å². The van der Waals surface area contributed by atoms with Gasteiger partial charge in [0.25, 0.3) is 0 Å². The van der Waals surface area contributed by atoms with Crippen LogP contribution in [0.1, 0.15) is 25.0 Å². The number of piperidine rings is 1. The van der Waals surface area contributed by atoms with Gasteiger partial charge < -0.3 is 9.64 Å². The molecule has 0 N–H and O–H groups in total. The van der Waals surface area contributed by atoms with Crippen molar-refractivity contribution in [2.75, 3.05) is 25.1 Å². The molecule has 1 aliphatic heterocycles. The average molecular weight is 207 g/mol. The minimum absolute atomic E-state index is 0.559. The molecule has 4 heteroatoms. The van der Waals surface area contributed by atoms with E-state index in [1.807, 2.05) is 6.07 Å². The highest BCUT2D eigenvalue weighted by Gasteiger charge is 2.12. The highest BCUT2D eigenvalue weighted by atomic mass is 16.5. The molecule has 0 bridgehead atoms. The highest BCUT2D eigenvalue weighted by Crippen LogP contribution is 2.17. The van der Waals surface area contributed by atoms with Crippen LogP contribution < -0.4 is 4.90 Å². The average Bonchev–Trinajstić information content (AvgIpc) is 2.31. The molecule has 1 saturated heterocycles. The molecule has 0 unspecified atom stereocenters. The number of nitrogens with zero attached hydrogens (tertiary/aromatic N) is 3. The molecular formula is C11H17N3O. The molecule has 15 heavy (non-hydrogen) atoms. The minimum Gasteiger partial charge on any atom is -0.378 e. The molecule has 0 atom stereocenters. The van der Waals surface area contributed by atoms with Crippen LogP contribution in [0.15, 0.2) is 12.4 Å². The van der Waals surface area contributed by atoms with Gasteiger partial charge in [0.15, 0.2) is 0 Å². The SMILES string of the molecule is COCc1cc(N2CCCCC2)ncn1. The Morgan fingerprint density at radius 1 is 1.27 bits per heavy atom. The molecule has 0 spiro atoms. The van der Waals surface area contributed by atoms with Crippen LogP contribution in [0.5, 0.6) is 0 Å². The second kappa shape index (κ2) is 5.07. The second-order valence-electron chi connectivity index (χ2n) is 3.85. The lowest BCUT2D eigenvalue weighted by molar-refractivity contribution is 0.181. The lowest BCUT2D eigenvalue weighted by Gasteiger charge is -2.27. The summed E-state index contributed by atoms with van der Waals surface area (Å²) in [5.41, 5.74) is 0.952. The third-order valence-electron chi connectivity index (χ3n) is 2.68. The van der Waals surface area contributed by atoms with Gasteiger partial charge in [-0.15, -0.1) is 0 Å². The molecule has 2 rings (SSSR count). The van der Waals surface area contributed by atoms with Crippen LogP contribution in [0.2, 0.25) is 0 Å². The summed E-state index contributed by atoms with van der Waals surface area (Å²) in [7, 11) is 1.68. The Morgan fingerprint density at radius 2 is 2.07 bits per heavy atom. The molecule has 0 amide bonds. The van der Waals surface area contributed by atoms with E-state index in [2.05, 4.69) is 14.9 Å². The smallest absolute Gasteiger partial charge is 0.132 e. The third-order valence-corrected chi connectivity index (χ3v) is 2.68. The first-order valence-corrected chi connectivity index (χ1v) is 5.45. The van der Waals surface area contributed by atoms with Crippen molar-refractivity contribution in [1.82, 2.24) is 9.97 Å². The topological polar surface area (TPSA) is 38.2 Å². The summed E-state index contributed by atoms with van der Waals surface area (Å²) in [6.07, 6.45) is 5.50. The zero-order chi connectivity index (χ0) is 10.5. The summed E-state index contributed by atoms with van der Waals surface area (Å²) < 4.78 is 5.06. The summed E-state index contributed by atoms with van der Waals surface area (Å²) in [4.78, 5) is 10.8. The Balaban J connectivity index is 2.09. The van der Waals surface area contributed by atoms with E-state index in [0.717, 1.165) is 24.6 Å². The van der Waals surface area contributed by atoms with Crippen LogP contribution in [0, 0.1) is 0 Å². The van der Waals surface area contributed by atoms with E-state index >= 15 is 0 Å². The van der Waals surface area contributed by atoms with Crippen molar-refractivity contribution in [2.45, 2.75) is 25.9 Å². The van der Waals surface area contributed by atoms with E-state index in [0.29, 0.717) is 6.61 Å². The Bertz CT molecular complexity index is 310. The Morgan fingerprint density at radius 3 is 2.80 bits per heavy atom. The highest BCUT2D eigenvalue weighted by molar-refractivity contribution is 5.38. The van der Waals surface area contributed by atoms with Gasteiger partial charge in [0.05, 0.1) is 12.3 Å². The number of ether oxygens (including phenoxy) is 1. The molecule has 1 aliphatic rings. The zero-order valence-electron chi connectivity index (χ0n) is 9.15. The molecule has 1 aromatic rings. The predicted molar refractivity (Wildman–Crippen MR) is 58.8 cm³/mol. The van der Waals surface area contributed by atoms with Gasteiger partial charge in [-0.1, -0.05) is 0 Å². The molecule has 4 nitrogen and oxygen atoms in total. The molecule has 0 aromatic carbocycles. The second-order valence-corrected chi connectivity index (χ2v) is 3.85. The first kappa shape index (κ1) is 10.4. The van der Waals surface area contributed by atoms with Gasteiger partial charge in [-0.05, 0) is 19.3 Å². The van der Waals surface area contributed by atoms with Gasteiger partial charge in [0.2, 0.25) is 0 Å². The Hall–Kier alpha value is -1.16. The largest absolute Gasteiger partial charge is 0.378 e. The Kier molecular flexibility index (Phi) is 3.50. The van der Waals surface area contributed by atoms with E-state index in [1.165, 1.54) is 19.3 Å². The van der Waals surface area contributed by atoms with E-state index in [1.54, 1.807) is 13.4 Å².